The number of guanidine groups is 1. The largest absolute Gasteiger partial charge is 0.478 e. The summed E-state index contributed by atoms with van der Waals surface area (Å²) in [6.07, 6.45) is 2.03. The quantitative estimate of drug-likeness (QED) is 0.630. The number of carbonyl (C=O) groups is 2. The molecule has 1 aromatic heterocycles. The number of nitrogens with one attached hydrogen (secondary N) is 2. The zero-order valence-corrected chi connectivity index (χ0v) is 13.3. The van der Waals surface area contributed by atoms with Gasteiger partial charge in [-0.1, -0.05) is 0 Å². The van der Waals surface area contributed by atoms with E-state index in [0.29, 0.717) is 6.26 Å². The van der Waals surface area contributed by atoms with Gasteiger partial charge in [0.15, 0.2) is 0 Å². The molecule has 3 N–H and O–H groups in total. The molecule has 1 aliphatic heterocycles. The summed E-state index contributed by atoms with van der Waals surface area (Å²) in [5.74, 6) is -1.70. The van der Waals surface area contributed by atoms with Crippen molar-refractivity contribution < 1.29 is 32.3 Å². The van der Waals surface area contributed by atoms with Crippen LogP contribution in [0.3, 0.4) is 0 Å². The molecule has 0 radical (unpaired) electrons. The lowest BCUT2D eigenvalue weighted by atomic mass is 10.3. The summed E-state index contributed by atoms with van der Waals surface area (Å²) in [6, 6.07) is -1.18. The Balaban J connectivity index is 2.11. The van der Waals surface area contributed by atoms with E-state index in [4.69, 9.17) is 9.84 Å². The molecule has 0 saturated carbocycles. The van der Waals surface area contributed by atoms with E-state index in [2.05, 4.69) is 19.7 Å². The number of nitrogens with zero attached hydrogens (tertiary/aromatic N) is 3. The molecule has 0 spiro atoms. The fourth-order valence-electron chi connectivity index (χ4n) is 1.67. The maximum Gasteiger partial charge on any atom is 0.340 e. The van der Waals surface area contributed by atoms with Gasteiger partial charge in [0.25, 0.3) is 10.0 Å². The Morgan fingerprint density at radius 2 is 2.12 bits per heavy atom. The van der Waals surface area contributed by atoms with Crippen LogP contribution in [0.15, 0.2) is 31.8 Å². The number of aliphatic imine (C=N–C) groups is 2. The van der Waals surface area contributed by atoms with Crippen LogP contribution in [0.4, 0.5) is 4.79 Å². The topological polar surface area (TPSA) is 163 Å². The molecule has 24 heavy (non-hydrogen) atoms. The lowest BCUT2D eigenvalue weighted by Gasteiger charge is -2.24. The number of aromatic carboxylic acids is 1. The summed E-state index contributed by atoms with van der Waals surface area (Å²) in [5.41, 5.74) is -0.607. The van der Waals surface area contributed by atoms with Crippen molar-refractivity contribution in [1.82, 2.24) is 14.9 Å². The molecule has 0 bridgehead atoms. The highest BCUT2D eigenvalue weighted by atomic mass is 32.2. The van der Waals surface area contributed by atoms with Crippen molar-refractivity contribution in [3.05, 3.63) is 18.1 Å². The molecule has 0 aromatic carbocycles. The second kappa shape index (κ2) is 6.67. The second-order valence-corrected chi connectivity index (χ2v) is 6.09. The Kier molecular flexibility index (Phi) is 4.85. The van der Waals surface area contributed by atoms with Crippen LogP contribution in [-0.2, 0) is 14.8 Å². The van der Waals surface area contributed by atoms with Crippen molar-refractivity contribution >= 4 is 34.3 Å². The zero-order valence-electron chi connectivity index (χ0n) is 12.5. The second-order valence-electron chi connectivity index (χ2n) is 4.44. The molecule has 2 heterocycles. The molecular formula is C11H13N5O7S. The van der Waals surface area contributed by atoms with Crippen molar-refractivity contribution in [2.45, 2.75) is 11.2 Å². The summed E-state index contributed by atoms with van der Waals surface area (Å²) in [5, 5.41) is 11.0. The molecule has 0 saturated heterocycles. The Hall–Kier alpha value is -2.93. The highest BCUT2D eigenvalue weighted by molar-refractivity contribution is 7.90. The molecular weight excluding hydrogens is 346 g/mol. The van der Waals surface area contributed by atoms with Crippen LogP contribution in [0.1, 0.15) is 10.4 Å². The van der Waals surface area contributed by atoms with Gasteiger partial charge in [0.05, 0.1) is 6.34 Å². The van der Waals surface area contributed by atoms with Crippen LogP contribution in [0, 0.1) is 0 Å². The van der Waals surface area contributed by atoms with Gasteiger partial charge in [-0.25, -0.2) is 27.7 Å². The average molecular weight is 359 g/mol. The van der Waals surface area contributed by atoms with Crippen LogP contribution >= 0.6 is 0 Å². The number of carbonyl (C=O) groups excluding carboxylic acids is 1. The van der Waals surface area contributed by atoms with Crippen molar-refractivity contribution in [3.8, 4) is 0 Å². The van der Waals surface area contributed by atoms with Gasteiger partial charge in [-0.3, -0.25) is 5.32 Å². The number of sulfonamides is 1. The number of furan rings is 1. The Labute approximate surface area is 135 Å². The number of urea groups is 1. The van der Waals surface area contributed by atoms with E-state index >= 15 is 0 Å². The molecule has 0 aliphatic carbocycles. The minimum absolute atomic E-state index is 0.182. The monoisotopic (exact) mass is 359 g/mol. The molecule has 130 valence electrons. The van der Waals surface area contributed by atoms with Crippen molar-refractivity contribution in [2.75, 3.05) is 14.2 Å². The maximum atomic E-state index is 12.0. The standard InChI is InChI=1S/C11H13N5O7S/c1-16-5-12-9(14-11(16)22-2)13-10(19)15-24(20,21)7-4-23-3-6(7)8(17)18/h3-5,11H,1-2H3,(H,17,18)(H2,13,14,15,19). The smallest absolute Gasteiger partial charge is 0.340 e. The third-order valence-corrected chi connectivity index (χ3v) is 4.10. The van der Waals surface area contributed by atoms with Gasteiger partial charge >= 0.3 is 12.0 Å². The number of methoxy groups -OCH3 is 1. The van der Waals surface area contributed by atoms with Crippen LogP contribution < -0.4 is 10.0 Å². The van der Waals surface area contributed by atoms with Crippen LogP contribution in [-0.4, -0.2) is 63.2 Å². The van der Waals surface area contributed by atoms with Crippen LogP contribution in [0.25, 0.3) is 0 Å². The van der Waals surface area contributed by atoms with Gasteiger partial charge in [-0.15, -0.1) is 0 Å². The number of amides is 2. The van der Waals surface area contributed by atoms with E-state index in [1.54, 1.807) is 11.8 Å². The summed E-state index contributed by atoms with van der Waals surface area (Å²) in [4.78, 5) is 31.2. The van der Waals surface area contributed by atoms with E-state index < -0.39 is 38.8 Å². The summed E-state index contributed by atoms with van der Waals surface area (Å²) >= 11 is 0. The highest BCUT2D eigenvalue weighted by Crippen LogP contribution is 2.16. The maximum absolute atomic E-state index is 12.0. The average Bonchev–Trinajstić information content (AvgIpc) is 2.99. The van der Waals surface area contributed by atoms with Crippen molar-refractivity contribution in [3.63, 3.8) is 0 Å². The van der Waals surface area contributed by atoms with E-state index in [9.17, 15) is 18.0 Å². The number of carboxylic acid groups (broad SMARTS) is 1. The van der Waals surface area contributed by atoms with Crippen molar-refractivity contribution in [2.24, 2.45) is 9.98 Å². The van der Waals surface area contributed by atoms with E-state index in [-0.39, 0.29) is 5.96 Å². The summed E-state index contributed by atoms with van der Waals surface area (Å²) < 4.78 is 35.3. The number of rotatable bonds is 4. The zero-order chi connectivity index (χ0) is 17.9. The lowest BCUT2D eigenvalue weighted by Crippen LogP contribution is -2.45. The van der Waals surface area contributed by atoms with E-state index in [1.807, 2.05) is 0 Å². The fraction of sp³-hybridized carbons (Fsp3) is 0.273. The fourth-order valence-corrected chi connectivity index (χ4v) is 2.68. The molecule has 13 heteroatoms. The third-order valence-electron chi connectivity index (χ3n) is 2.75. The number of hydrogen-bond donors (Lipinski definition) is 3. The molecule has 1 aliphatic rings. The predicted octanol–water partition coefficient (Wildman–Crippen LogP) is -0.775. The highest BCUT2D eigenvalue weighted by Gasteiger charge is 2.27. The van der Waals surface area contributed by atoms with Gasteiger partial charge in [0.1, 0.15) is 23.0 Å². The van der Waals surface area contributed by atoms with Crippen molar-refractivity contribution in [1.29, 1.82) is 0 Å². The first-order valence-electron chi connectivity index (χ1n) is 6.24. The third kappa shape index (κ3) is 3.69. The summed E-state index contributed by atoms with van der Waals surface area (Å²) in [6.45, 7) is 0. The first kappa shape index (κ1) is 17.4. The van der Waals surface area contributed by atoms with E-state index in [1.165, 1.54) is 18.3 Å². The molecule has 2 amide bonds. The van der Waals surface area contributed by atoms with Gasteiger partial charge in [0, 0.05) is 14.2 Å². The Morgan fingerprint density at radius 3 is 2.75 bits per heavy atom. The van der Waals surface area contributed by atoms with Gasteiger partial charge in [-0.2, -0.15) is 4.99 Å². The molecule has 1 aromatic rings. The van der Waals surface area contributed by atoms with Gasteiger partial charge < -0.3 is 19.2 Å². The van der Waals surface area contributed by atoms with Crippen LogP contribution in [0.5, 0.6) is 0 Å². The first-order chi connectivity index (χ1) is 11.2. The Bertz CT molecular complexity index is 812. The molecule has 1 atom stereocenters. The molecule has 1 unspecified atom stereocenters. The summed E-state index contributed by atoms with van der Waals surface area (Å²) in [7, 11) is -1.44. The first-order valence-corrected chi connectivity index (χ1v) is 7.73. The number of hydrogen-bond acceptors (Lipinski definition) is 9. The SMILES string of the molecule is COC1N=C(NC(=O)NS(=O)(=O)c2cocc2C(=O)O)N=CN1C. The number of ether oxygens (including phenoxy) is 1. The molecule has 12 nitrogen and oxygen atoms in total. The minimum atomic E-state index is -4.46. The lowest BCUT2D eigenvalue weighted by molar-refractivity contribution is 0.0279. The van der Waals surface area contributed by atoms with Crippen LogP contribution in [0.2, 0.25) is 0 Å². The minimum Gasteiger partial charge on any atom is -0.478 e. The normalized spacial score (nSPS) is 17.3. The van der Waals surface area contributed by atoms with Gasteiger partial charge in [-0.05, 0) is 0 Å². The Morgan fingerprint density at radius 1 is 1.42 bits per heavy atom. The number of carboxylic acids is 1. The molecule has 2 rings (SSSR count). The molecule has 0 fully saturated rings. The predicted molar refractivity (Wildman–Crippen MR) is 79.0 cm³/mol. The van der Waals surface area contributed by atoms with Gasteiger partial charge in [0.2, 0.25) is 12.3 Å². The van der Waals surface area contributed by atoms with E-state index in [0.717, 1.165) is 6.26 Å².